The molecule has 0 unspecified atom stereocenters. The first-order chi connectivity index (χ1) is 10.8. The molecular weight excluding hydrogens is 361 g/mol. The largest absolute Gasteiger partial charge is 0.519 e. The first kappa shape index (κ1) is 24.3. The van der Waals surface area contributed by atoms with E-state index in [1.807, 2.05) is 0 Å². The molecule has 0 bridgehead atoms. The second-order valence-corrected chi connectivity index (χ2v) is 4.17. The summed E-state index contributed by atoms with van der Waals surface area (Å²) in [4.78, 5) is 33.0. The zero-order chi connectivity index (χ0) is 17.8. The number of ether oxygens (including phenoxy) is 2. The Bertz CT molecular complexity index is 584. The van der Waals surface area contributed by atoms with Crippen LogP contribution in [-0.4, -0.2) is 36.9 Å². The molecular formula is C14H23NO8V. The third-order valence-electron chi connectivity index (χ3n) is 2.12. The Kier molecular flexibility index (Phi) is 13.6. The zero-order valence-electron chi connectivity index (χ0n) is 13.8. The molecule has 1 heterocycles. The predicted octanol–water partition coefficient (Wildman–Crippen LogP) is 1.13. The molecule has 10 heteroatoms. The van der Waals surface area contributed by atoms with Gasteiger partial charge >= 0.3 is 17.9 Å². The summed E-state index contributed by atoms with van der Waals surface area (Å²) >= 11 is 0. The van der Waals surface area contributed by atoms with Crippen molar-refractivity contribution in [3.8, 4) is 0 Å². The molecule has 0 aromatic carbocycles. The maximum Gasteiger partial charge on any atom is 0.519 e. The molecule has 0 aliphatic heterocycles. The molecule has 0 aliphatic rings. The second kappa shape index (κ2) is 13.5. The summed E-state index contributed by atoms with van der Waals surface area (Å²) in [5.41, 5.74) is 0.276. The number of rotatable bonds is 6. The van der Waals surface area contributed by atoms with Crippen LogP contribution in [0.25, 0.3) is 0 Å². The van der Waals surface area contributed by atoms with E-state index in [0.29, 0.717) is 0 Å². The minimum Gasteiger partial charge on any atom is -0.460 e. The summed E-state index contributed by atoms with van der Waals surface area (Å²) in [7, 11) is 0. The number of aliphatic hydroxyl groups excluding tert-OH is 1. The first-order valence-electron chi connectivity index (χ1n) is 6.75. The molecule has 1 aromatic heterocycles. The third-order valence-corrected chi connectivity index (χ3v) is 2.12. The van der Waals surface area contributed by atoms with E-state index >= 15 is 0 Å². The normalized spacial score (nSPS) is 9.00. The van der Waals surface area contributed by atoms with Crippen molar-refractivity contribution >= 4 is 12.1 Å². The minimum absolute atomic E-state index is 0. The van der Waals surface area contributed by atoms with Crippen LogP contribution in [-0.2, 0) is 39.4 Å². The van der Waals surface area contributed by atoms with Crippen molar-refractivity contribution < 1.29 is 53.0 Å². The SMILES string of the molecule is C=C(C)C(=O)OCCNC(=O)OCc1oc(=O)oc1C.CCO.[HH].[V]. The molecule has 0 saturated heterocycles. The topological polar surface area (TPSA) is 128 Å². The van der Waals surface area contributed by atoms with Crippen LogP contribution < -0.4 is 11.1 Å². The summed E-state index contributed by atoms with van der Waals surface area (Å²) in [6, 6.07) is 0. The molecule has 24 heavy (non-hydrogen) atoms. The number of aliphatic hydroxyl groups is 1. The standard InChI is InChI=1S/C12H15NO7.C2H6O.V.H2/c1-7(2)10(14)17-5-4-13-11(15)18-6-9-8(3)19-12(16)20-9;1-2-3;;/h1,4-6H2,2-3H3,(H,13,15);3H,2H2,1H3;;1H. The van der Waals surface area contributed by atoms with E-state index in [4.69, 9.17) is 14.6 Å². The molecule has 0 aliphatic carbocycles. The van der Waals surface area contributed by atoms with E-state index in [1.54, 1.807) is 6.92 Å². The Balaban J connectivity index is -0.000000900. The van der Waals surface area contributed by atoms with Crippen LogP contribution in [0, 0.1) is 6.92 Å². The van der Waals surface area contributed by atoms with Gasteiger partial charge in [0.05, 0.1) is 6.54 Å². The van der Waals surface area contributed by atoms with Gasteiger partial charge in [0.2, 0.25) is 0 Å². The molecule has 0 fully saturated rings. The van der Waals surface area contributed by atoms with Gasteiger partial charge in [-0.3, -0.25) is 0 Å². The van der Waals surface area contributed by atoms with Crippen molar-refractivity contribution in [3.63, 3.8) is 0 Å². The number of amides is 1. The molecule has 0 atom stereocenters. The van der Waals surface area contributed by atoms with Gasteiger partial charge in [-0.1, -0.05) is 6.58 Å². The summed E-state index contributed by atoms with van der Waals surface area (Å²) in [6.45, 7) is 8.24. The molecule has 1 radical (unpaired) electrons. The predicted molar refractivity (Wildman–Crippen MR) is 80.8 cm³/mol. The molecule has 137 valence electrons. The minimum atomic E-state index is -0.854. The van der Waals surface area contributed by atoms with Crippen molar-refractivity contribution in [3.05, 3.63) is 34.3 Å². The molecule has 2 N–H and O–H groups in total. The smallest absolute Gasteiger partial charge is 0.460 e. The number of hydrogen-bond acceptors (Lipinski definition) is 8. The van der Waals surface area contributed by atoms with Gasteiger partial charge in [-0.25, -0.2) is 14.4 Å². The molecule has 0 saturated carbocycles. The summed E-state index contributed by atoms with van der Waals surface area (Å²) < 4.78 is 18.8. The van der Waals surface area contributed by atoms with Gasteiger partial charge in [0.25, 0.3) is 0 Å². The van der Waals surface area contributed by atoms with Crippen LogP contribution in [0.3, 0.4) is 0 Å². The van der Waals surface area contributed by atoms with Gasteiger partial charge in [-0.15, -0.1) is 0 Å². The maximum absolute atomic E-state index is 11.3. The van der Waals surface area contributed by atoms with E-state index in [2.05, 4.69) is 20.7 Å². The van der Waals surface area contributed by atoms with Crippen molar-refractivity contribution in [2.45, 2.75) is 27.4 Å². The quantitative estimate of drug-likeness (QED) is 0.424. The Morgan fingerprint density at radius 2 is 1.92 bits per heavy atom. The molecule has 1 amide bonds. The van der Waals surface area contributed by atoms with E-state index in [0.717, 1.165) is 0 Å². The Morgan fingerprint density at radius 1 is 1.33 bits per heavy atom. The van der Waals surface area contributed by atoms with Gasteiger partial charge in [0.1, 0.15) is 6.61 Å². The first-order valence-corrected chi connectivity index (χ1v) is 6.75. The zero-order valence-corrected chi connectivity index (χ0v) is 15.2. The van der Waals surface area contributed by atoms with Crippen LogP contribution in [0.4, 0.5) is 4.79 Å². The average molecular weight is 384 g/mol. The number of alkyl carbamates (subject to hydrolysis) is 1. The number of esters is 1. The van der Waals surface area contributed by atoms with Crippen LogP contribution in [0.15, 0.2) is 25.8 Å². The molecule has 1 aromatic rings. The van der Waals surface area contributed by atoms with Crippen LogP contribution >= 0.6 is 0 Å². The number of aryl methyl sites for hydroxylation is 1. The van der Waals surface area contributed by atoms with E-state index in [1.165, 1.54) is 13.8 Å². The fourth-order valence-corrected chi connectivity index (χ4v) is 1.11. The fraction of sp³-hybridized carbons (Fsp3) is 0.500. The fourth-order valence-electron chi connectivity index (χ4n) is 1.11. The monoisotopic (exact) mass is 384 g/mol. The van der Waals surface area contributed by atoms with Crippen LogP contribution in [0.2, 0.25) is 0 Å². The van der Waals surface area contributed by atoms with E-state index in [9.17, 15) is 14.4 Å². The third kappa shape index (κ3) is 10.7. The Labute approximate surface area is 152 Å². The van der Waals surface area contributed by atoms with Gasteiger partial charge in [-0.05, 0) is 20.8 Å². The van der Waals surface area contributed by atoms with E-state index in [-0.39, 0.29) is 63.4 Å². The summed E-state index contributed by atoms with van der Waals surface area (Å²) in [6.07, 6.45) is -0.736. The van der Waals surface area contributed by atoms with Crippen molar-refractivity contribution in [2.75, 3.05) is 19.8 Å². The Morgan fingerprint density at radius 3 is 2.38 bits per heavy atom. The Hall–Kier alpha value is -1.97. The molecule has 1 rings (SSSR count). The number of carbonyl (C=O) groups excluding carboxylic acids is 2. The second-order valence-electron chi connectivity index (χ2n) is 4.17. The van der Waals surface area contributed by atoms with Gasteiger partial charge < -0.3 is 28.7 Å². The number of hydrogen-bond donors (Lipinski definition) is 2. The van der Waals surface area contributed by atoms with E-state index < -0.39 is 17.9 Å². The summed E-state index contributed by atoms with van der Waals surface area (Å²) in [5.74, 6) is -0.999. The number of nitrogens with one attached hydrogen (secondary N) is 1. The van der Waals surface area contributed by atoms with Gasteiger partial charge in [-0.2, -0.15) is 0 Å². The van der Waals surface area contributed by atoms with Crippen molar-refractivity contribution in [1.82, 2.24) is 5.32 Å². The van der Waals surface area contributed by atoms with Crippen LogP contribution in [0.1, 0.15) is 26.8 Å². The van der Waals surface area contributed by atoms with Crippen molar-refractivity contribution in [2.24, 2.45) is 0 Å². The summed E-state index contributed by atoms with van der Waals surface area (Å²) in [5, 5.41) is 9.92. The average Bonchev–Trinajstić information content (AvgIpc) is 2.79. The molecule has 0 spiro atoms. The molecule has 9 nitrogen and oxygen atoms in total. The van der Waals surface area contributed by atoms with Crippen LogP contribution in [0.5, 0.6) is 0 Å². The number of carbonyl (C=O) groups is 2. The van der Waals surface area contributed by atoms with Crippen molar-refractivity contribution in [1.29, 1.82) is 0 Å². The maximum atomic E-state index is 11.3. The van der Waals surface area contributed by atoms with Gasteiger partial charge in [0, 0.05) is 32.2 Å². The van der Waals surface area contributed by atoms with Gasteiger partial charge in [0.15, 0.2) is 18.1 Å².